The first kappa shape index (κ1) is 12.1. The Balaban J connectivity index is 2.77. The fourth-order valence-corrected chi connectivity index (χ4v) is 1.66. The normalized spacial score (nSPS) is 11.7. The molecule has 0 saturated carbocycles. The van der Waals surface area contributed by atoms with Gasteiger partial charge in [-0.15, -0.1) is 0 Å². The third-order valence-corrected chi connectivity index (χ3v) is 3.14. The van der Waals surface area contributed by atoms with Crippen LogP contribution in [0.15, 0.2) is 22.8 Å². The molecule has 0 N–H and O–H groups in total. The first-order valence-electron chi connectivity index (χ1n) is 4.00. The molecular formula is C9H11Br2NO2. The van der Waals surface area contributed by atoms with Gasteiger partial charge < -0.3 is 9.47 Å². The third-order valence-electron chi connectivity index (χ3n) is 1.77. The van der Waals surface area contributed by atoms with Crippen molar-refractivity contribution in [3.8, 4) is 0 Å². The number of rotatable bonds is 4. The fourth-order valence-electron chi connectivity index (χ4n) is 0.993. The second-order valence-corrected chi connectivity index (χ2v) is 4.72. The summed E-state index contributed by atoms with van der Waals surface area (Å²) in [7, 11) is 3.16. The maximum Gasteiger partial charge on any atom is 0.231 e. The van der Waals surface area contributed by atoms with E-state index < -0.39 is 4.70 Å². The van der Waals surface area contributed by atoms with Crippen LogP contribution in [-0.4, -0.2) is 23.9 Å². The van der Waals surface area contributed by atoms with Gasteiger partial charge in [0.15, 0.2) is 0 Å². The number of pyridine rings is 1. The average Bonchev–Trinajstić information content (AvgIpc) is 2.18. The van der Waals surface area contributed by atoms with Crippen LogP contribution in [0.4, 0.5) is 0 Å². The number of alkyl halides is 1. The number of aromatic nitrogens is 1. The molecule has 0 fully saturated rings. The summed E-state index contributed by atoms with van der Waals surface area (Å²) < 4.78 is 10.4. The van der Waals surface area contributed by atoms with E-state index >= 15 is 0 Å². The van der Waals surface area contributed by atoms with E-state index in [2.05, 4.69) is 36.8 Å². The lowest BCUT2D eigenvalue weighted by molar-refractivity contribution is -0.126. The summed E-state index contributed by atoms with van der Waals surface area (Å²) in [5.74, 6) is 0. The number of halogens is 2. The molecule has 1 rings (SSSR count). The zero-order chi connectivity index (χ0) is 10.6. The van der Waals surface area contributed by atoms with Gasteiger partial charge in [0, 0.05) is 19.9 Å². The fraction of sp³-hybridized carbons (Fsp3) is 0.444. The quantitative estimate of drug-likeness (QED) is 0.485. The zero-order valence-corrected chi connectivity index (χ0v) is 11.1. The topological polar surface area (TPSA) is 31.4 Å². The van der Waals surface area contributed by atoms with E-state index in [4.69, 9.17) is 9.47 Å². The SMILES string of the molecule is COC(Br)(Cc1cccc(Br)n1)OC. The smallest absolute Gasteiger partial charge is 0.231 e. The van der Waals surface area contributed by atoms with E-state index in [1.165, 1.54) is 0 Å². The number of hydrogen-bond donors (Lipinski definition) is 0. The second kappa shape index (κ2) is 5.21. The van der Waals surface area contributed by atoms with Crippen LogP contribution in [0.25, 0.3) is 0 Å². The molecule has 14 heavy (non-hydrogen) atoms. The van der Waals surface area contributed by atoms with Gasteiger partial charge in [-0.1, -0.05) is 6.07 Å². The number of nitrogens with zero attached hydrogens (tertiary/aromatic N) is 1. The van der Waals surface area contributed by atoms with Crippen molar-refractivity contribution in [2.24, 2.45) is 0 Å². The molecule has 0 radical (unpaired) electrons. The van der Waals surface area contributed by atoms with Crippen molar-refractivity contribution >= 4 is 31.9 Å². The monoisotopic (exact) mass is 323 g/mol. The maximum atomic E-state index is 5.17. The summed E-state index contributed by atoms with van der Waals surface area (Å²) in [6, 6.07) is 5.71. The van der Waals surface area contributed by atoms with Gasteiger partial charge in [-0.25, -0.2) is 4.98 Å². The zero-order valence-electron chi connectivity index (χ0n) is 7.96. The van der Waals surface area contributed by atoms with Crippen molar-refractivity contribution in [2.45, 2.75) is 11.1 Å². The van der Waals surface area contributed by atoms with Crippen LogP contribution >= 0.6 is 31.9 Å². The molecule has 0 amide bonds. The van der Waals surface area contributed by atoms with Crippen molar-refractivity contribution in [3.63, 3.8) is 0 Å². The summed E-state index contributed by atoms with van der Waals surface area (Å²) in [5.41, 5.74) is 0.889. The highest BCUT2D eigenvalue weighted by molar-refractivity contribution is 9.10. The van der Waals surface area contributed by atoms with Gasteiger partial charge in [-0.2, -0.15) is 0 Å². The molecule has 1 aromatic rings. The summed E-state index contributed by atoms with van der Waals surface area (Å²) in [6.07, 6.45) is 0.541. The van der Waals surface area contributed by atoms with Crippen molar-refractivity contribution in [2.75, 3.05) is 14.2 Å². The Kier molecular flexibility index (Phi) is 4.50. The largest absolute Gasteiger partial charge is 0.344 e. The van der Waals surface area contributed by atoms with Gasteiger partial charge in [-0.3, -0.25) is 0 Å². The second-order valence-electron chi connectivity index (χ2n) is 2.70. The minimum atomic E-state index is -0.791. The Labute approximate surface area is 100 Å². The Hall–Kier alpha value is 0.0300. The minimum absolute atomic E-state index is 0.541. The van der Waals surface area contributed by atoms with E-state index in [0.717, 1.165) is 10.3 Å². The Bertz CT molecular complexity index is 303. The van der Waals surface area contributed by atoms with Crippen LogP contribution < -0.4 is 0 Å². The Morgan fingerprint density at radius 1 is 1.36 bits per heavy atom. The van der Waals surface area contributed by atoms with Crippen LogP contribution in [-0.2, 0) is 15.9 Å². The van der Waals surface area contributed by atoms with E-state index in [0.29, 0.717) is 6.42 Å². The van der Waals surface area contributed by atoms with E-state index in [1.807, 2.05) is 18.2 Å². The predicted molar refractivity (Wildman–Crippen MR) is 61.3 cm³/mol. The van der Waals surface area contributed by atoms with Crippen molar-refractivity contribution in [1.29, 1.82) is 0 Å². The molecule has 0 bridgehead atoms. The molecule has 0 spiro atoms. The molecule has 1 aromatic heterocycles. The van der Waals surface area contributed by atoms with Crippen LogP contribution in [0.1, 0.15) is 5.69 Å². The summed E-state index contributed by atoms with van der Waals surface area (Å²) in [5, 5.41) is 0. The van der Waals surface area contributed by atoms with Gasteiger partial charge >= 0.3 is 0 Å². The van der Waals surface area contributed by atoms with Gasteiger partial charge in [0.1, 0.15) is 4.60 Å². The number of ether oxygens (including phenoxy) is 2. The standard InChI is InChI=1S/C9H11Br2NO2/c1-13-9(11,14-2)6-7-4-3-5-8(10)12-7/h3-5H,6H2,1-2H3. The molecule has 0 aliphatic heterocycles. The third kappa shape index (κ3) is 3.31. The lowest BCUT2D eigenvalue weighted by Gasteiger charge is -2.23. The molecule has 78 valence electrons. The molecule has 0 saturated heterocycles. The molecule has 0 unspecified atom stereocenters. The lowest BCUT2D eigenvalue weighted by Crippen LogP contribution is -2.28. The molecular weight excluding hydrogens is 314 g/mol. The summed E-state index contributed by atoms with van der Waals surface area (Å²) in [4.78, 5) is 4.28. The van der Waals surface area contributed by atoms with Gasteiger partial charge in [0.05, 0.1) is 6.42 Å². The van der Waals surface area contributed by atoms with Crippen molar-refractivity contribution in [3.05, 3.63) is 28.5 Å². The van der Waals surface area contributed by atoms with Gasteiger partial charge in [-0.05, 0) is 44.0 Å². The Morgan fingerprint density at radius 3 is 2.50 bits per heavy atom. The molecule has 0 aliphatic rings. The number of methoxy groups -OCH3 is 2. The summed E-state index contributed by atoms with van der Waals surface area (Å²) >= 11 is 6.65. The van der Waals surface area contributed by atoms with Crippen LogP contribution in [0.2, 0.25) is 0 Å². The van der Waals surface area contributed by atoms with Gasteiger partial charge in [0.25, 0.3) is 0 Å². The molecule has 3 nitrogen and oxygen atoms in total. The summed E-state index contributed by atoms with van der Waals surface area (Å²) in [6.45, 7) is 0. The van der Waals surface area contributed by atoms with Crippen molar-refractivity contribution < 1.29 is 9.47 Å². The van der Waals surface area contributed by atoms with E-state index in [1.54, 1.807) is 14.2 Å². The van der Waals surface area contributed by atoms with Crippen LogP contribution in [0.3, 0.4) is 0 Å². The average molecular weight is 325 g/mol. The van der Waals surface area contributed by atoms with Crippen LogP contribution in [0.5, 0.6) is 0 Å². The van der Waals surface area contributed by atoms with Gasteiger partial charge in [0.2, 0.25) is 4.70 Å². The molecule has 5 heteroatoms. The molecule has 0 atom stereocenters. The molecule has 0 aliphatic carbocycles. The highest BCUT2D eigenvalue weighted by Crippen LogP contribution is 2.24. The van der Waals surface area contributed by atoms with Crippen molar-refractivity contribution in [1.82, 2.24) is 4.98 Å². The predicted octanol–water partition coefficient (Wildman–Crippen LogP) is 2.73. The molecule has 0 aromatic carbocycles. The van der Waals surface area contributed by atoms with Crippen LogP contribution in [0, 0.1) is 0 Å². The highest BCUT2D eigenvalue weighted by Gasteiger charge is 2.26. The van der Waals surface area contributed by atoms with E-state index in [9.17, 15) is 0 Å². The molecule has 1 heterocycles. The number of hydrogen-bond acceptors (Lipinski definition) is 3. The first-order valence-corrected chi connectivity index (χ1v) is 5.59. The Morgan fingerprint density at radius 2 is 2.00 bits per heavy atom. The maximum absolute atomic E-state index is 5.17. The van der Waals surface area contributed by atoms with E-state index in [-0.39, 0.29) is 0 Å². The highest BCUT2D eigenvalue weighted by atomic mass is 79.9. The first-order chi connectivity index (χ1) is 6.59. The minimum Gasteiger partial charge on any atom is -0.344 e. The lowest BCUT2D eigenvalue weighted by atomic mass is 10.2.